The lowest BCUT2D eigenvalue weighted by Gasteiger charge is -2.36. The van der Waals surface area contributed by atoms with E-state index in [9.17, 15) is 13.2 Å². The second kappa shape index (κ2) is 9.94. The lowest BCUT2D eigenvalue weighted by Crippen LogP contribution is -2.47. The SMILES string of the molecule is CC(C)N1C=CN2c3ccc(C(F)(F)F)c(Cl)c3C(c3nc(OCc4ccccc4)ccc3F)=N[C@@H](C)C21. The molecule has 0 saturated heterocycles. The van der Waals surface area contributed by atoms with Crippen molar-refractivity contribution in [3.63, 3.8) is 0 Å². The van der Waals surface area contributed by atoms with Crippen molar-refractivity contribution in [3.05, 3.63) is 100 Å². The third kappa shape index (κ3) is 4.71. The van der Waals surface area contributed by atoms with Gasteiger partial charge < -0.3 is 14.5 Å². The number of halogens is 5. The first-order chi connectivity index (χ1) is 18.1. The van der Waals surface area contributed by atoms with Gasteiger partial charge in [0.2, 0.25) is 5.88 Å². The lowest BCUT2D eigenvalue weighted by atomic mass is 10.00. The molecule has 38 heavy (non-hydrogen) atoms. The van der Waals surface area contributed by atoms with Gasteiger partial charge in [0.05, 0.1) is 28.0 Å². The van der Waals surface area contributed by atoms with Crippen LogP contribution in [-0.2, 0) is 12.8 Å². The monoisotopic (exact) mass is 544 g/mol. The Morgan fingerprint density at radius 3 is 2.45 bits per heavy atom. The van der Waals surface area contributed by atoms with Crippen LogP contribution < -0.4 is 9.64 Å². The molecule has 0 radical (unpaired) electrons. The van der Waals surface area contributed by atoms with Crippen LogP contribution in [-0.4, -0.2) is 33.8 Å². The minimum Gasteiger partial charge on any atom is -0.473 e. The molecule has 0 aliphatic carbocycles. The van der Waals surface area contributed by atoms with Gasteiger partial charge in [-0.25, -0.2) is 9.37 Å². The van der Waals surface area contributed by atoms with Crippen LogP contribution in [0, 0.1) is 5.82 Å². The van der Waals surface area contributed by atoms with Gasteiger partial charge in [0.15, 0.2) is 5.82 Å². The molecule has 198 valence electrons. The zero-order chi connectivity index (χ0) is 27.2. The van der Waals surface area contributed by atoms with E-state index >= 15 is 4.39 Å². The highest BCUT2D eigenvalue weighted by Crippen LogP contribution is 2.44. The first-order valence-corrected chi connectivity index (χ1v) is 12.5. The summed E-state index contributed by atoms with van der Waals surface area (Å²) >= 11 is 6.45. The number of aromatic nitrogens is 1. The maximum atomic E-state index is 15.3. The molecule has 3 heterocycles. The van der Waals surface area contributed by atoms with Crippen LogP contribution in [0.3, 0.4) is 0 Å². The molecule has 0 N–H and O–H groups in total. The van der Waals surface area contributed by atoms with Crippen LogP contribution in [0.2, 0.25) is 5.02 Å². The molecule has 2 aliphatic heterocycles. The molecule has 5 nitrogen and oxygen atoms in total. The summed E-state index contributed by atoms with van der Waals surface area (Å²) in [7, 11) is 0. The van der Waals surface area contributed by atoms with Gasteiger partial charge in [0.25, 0.3) is 0 Å². The van der Waals surface area contributed by atoms with Crippen molar-refractivity contribution in [2.75, 3.05) is 4.90 Å². The summed E-state index contributed by atoms with van der Waals surface area (Å²) in [6.45, 7) is 6.02. The number of nitrogens with zero attached hydrogens (tertiary/aromatic N) is 4. The number of pyridine rings is 1. The number of fused-ring (bicyclic) bond motifs is 3. The smallest absolute Gasteiger partial charge is 0.417 e. The fourth-order valence-corrected chi connectivity index (χ4v) is 5.15. The highest BCUT2D eigenvalue weighted by Gasteiger charge is 2.42. The topological polar surface area (TPSA) is 41.0 Å². The number of hydrogen-bond acceptors (Lipinski definition) is 5. The van der Waals surface area contributed by atoms with Gasteiger partial charge >= 0.3 is 6.18 Å². The van der Waals surface area contributed by atoms with Crippen molar-refractivity contribution in [2.45, 2.75) is 51.8 Å². The molecule has 0 amide bonds. The molecular weight excluding hydrogens is 520 g/mol. The van der Waals surface area contributed by atoms with Crippen molar-refractivity contribution < 1.29 is 22.3 Å². The van der Waals surface area contributed by atoms with E-state index in [0.29, 0.717) is 5.69 Å². The third-order valence-electron chi connectivity index (χ3n) is 6.57. The number of anilines is 1. The average Bonchev–Trinajstić information content (AvgIpc) is 3.28. The predicted molar refractivity (Wildman–Crippen MR) is 139 cm³/mol. The van der Waals surface area contributed by atoms with Crippen LogP contribution in [0.5, 0.6) is 5.88 Å². The normalized spacial score (nSPS) is 18.8. The molecule has 0 bridgehead atoms. The largest absolute Gasteiger partial charge is 0.473 e. The Kier molecular flexibility index (Phi) is 6.81. The van der Waals surface area contributed by atoms with Gasteiger partial charge in [-0.2, -0.15) is 13.2 Å². The highest BCUT2D eigenvalue weighted by molar-refractivity contribution is 6.37. The second-order valence-corrected chi connectivity index (χ2v) is 9.83. The lowest BCUT2D eigenvalue weighted by molar-refractivity contribution is -0.137. The summed E-state index contributed by atoms with van der Waals surface area (Å²) in [5.41, 5.74) is -0.0866. The summed E-state index contributed by atoms with van der Waals surface area (Å²) in [6.07, 6.45) is -1.41. The Bertz CT molecular complexity index is 1410. The zero-order valence-electron chi connectivity index (χ0n) is 20.9. The molecule has 1 unspecified atom stereocenters. The van der Waals surface area contributed by atoms with Gasteiger partial charge in [-0.15, -0.1) is 0 Å². The molecule has 0 fully saturated rings. The van der Waals surface area contributed by atoms with E-state index in [1.165, 1.54) is 18.2 Å². The molecule has 0 spiro atoms. The van der Waals surface area contributed by atoms with Crippen molar-refractivity contribution in [1.82, 2.24) is 9.88 Å². The van der Waals surface area contributed by atoms with Gasteiger partial charge in [0, 0.05) is 30.1 Å². The minimum absolute atomic E-state index is 0.0299. The van der Waals surface area contributed by atoms with E-state index in [0.717, 1.165) is 11.6 Å². The molecular formula is C28H25ClF4N4O. The van der Waals surface area contributed by atoms with Crippen molar-refractivity contribution in [2.24, 2.45) is 4.99 Å². The maximum absolute atomic E-state index is 15.3. The number of rotatable bonds is 5. The average molecular weight is 545 g/mol. The van der Waals surface area contributed by atoms with Crippen molar-refractivity contribution in [3.8, 4) is 5.88 Å². The zero-order valence-corrected chi connectivity index (χ0v) is 21.6. The summed E-state index contributed by atoms with van der Waals surface area (Å²) < 4.78 is 62.8. The Labute approximate surface area is 223 Å². The van der Waals surface area contributed by atoms with E-state index in [-0.39, 0.29) is 41.7 Å². The Balaban J connectivity index is 1.66. The minimum atomic E-state index is -4.72. The second-order valence-electron chi connectivity index (χ2n) is 9.45. The number of ether oxygens (including phenoxy) is 1. The van der Waals surface area contributed by atoms with E-state index in [1.54, 1.807) is 6.20 Å². The molecule has 0 saturated carbocycles. The van der Waals surface area contributed by atoms with Crippen molar-refractivity contribution in [1.29, 1.82) is 0 Å². The number of hydrogen-bond donors (Lipinski definition) is 0. The molecule has 5 rings (SSSR count). The Morgan fingerprint density at radius 2 is 1.76 bits per heavy atom. The fourth-order valence-electron chi connectivity index (χ4n) is 4.79. The molecule has 1 aromatic heterocycles. The maximum Gasteiger partial charge on any atom is 0.417 e. The summed E-state index contributed by atoms with van der Waals surface area (Å²) in [5.74, 6) is -0.639. The van der Waals surface area contributed by atoms with Gasteiger partial charge in [-0.1, -0.05) is 41.9 Å². The van der Waals surface area contributed by atoms with Crippen molar-refractivity contribution >= 4 is 23.0 Å². The van der Waals surface area contributed by atoms with E-state index in [4.69, 9.17) is 21.3 Å². The Morgan fingerprint density at radius 1 is 1.03 bits per heavy atom. The molecule has 2 aliphatic rings. The molecule has 3 aromatic rings. The van der Waals surface area contributed by atoms with Crippen LogP contribution >= 0.6 is 11.6 Å². The van der Waals surface area contributed by atoms with E-state index in [2.05, 4.69) is 9.88 Å². The third-order valence-corrected chi connectivity index (χ3v) is 6.96. The van der Waals surface area contributed by atoms with Gasteiger partial charge in [-0.05, 0) is 44.5 Å². The predicted octanol–water partition coefficient (Wildman–Crippen LogP) is 7.04. The summed E-state index contributed by atoms with van der Waals surface area (Å²) in [6, 6.07) is 13.8. The molecule has 2 atom stereocenters. The van der Waals surface area contributed by atoms with Crippen LogP contribution in [0.4, 0.5) is 23.2 Å². The number of benzene rings is 2. The molecule has 10 heteroatoms. The number of aliphatic imine (C=N–C) groups is 1. The standard InChI is InChI=1S/C28H25ClF4N4O/c1-16(2)36-13-14-37-21-11-9-19(28(31,32)33)24(29)23(21)26(34-17(3)27(36)37)25-20(30)10-12-22(35-25)38-15-18-7-5-4-6-8-18/h4-14,16-17,27H,15H2,1-3H3/t17-,27?/m0/s1. The van der Waals surface area contributed by atoms with E-state index < -0.39 is 28.6 Å². The van der Waals surface area contributed by atoms with Crippen LogP contribution in [0.1, 0.15) is 43.2 Å². The van der Waals surface area contributed by atoms with Gasteiger partial charge in [-0.3, -0.25) is 4.99 Å². The van der Waals surface area contributed by atoms with Crippen LogP contribution in [0.25, 0.3) is 0 Å². The summed E-state index contributed by atoms with van der Waals surface area (Å²) in [5, 5.41) is -0.560. The summed E-state index contributed by atoms with van der Waals surface area (Å²) in [4.78, 5) is 13.0. The van der Waals surface area contributed by atoms with Crippen LogP contribution in [0.15, 0.2) is 72.0 Å². The number of alkyl halides is 3. The first kappa shape index (κ1) is 26.0. The van der Waals surface area contributed by atoms with E-state index in [1.807, 2.05) is 62.2 Å². The van der Waals surface area contributed by atoms with Gasteiger partial charge in [0.1, 0.15) is 18.5 Å². The Hall–Kier alpha value is -3.59. The molecule has 2 aromatic carbocycles. The fraction of sp³-hybridized carbons (Fsp3) is 0.286. The first-order valence-electron chi connectivity index (χ1n) is 12.1. The quantitative estimate of drug-likeness (QED) is 0.323. The highest BCUT2D eigenvalue weighted by atomic mass is 35.5.